The number of hydrogen-bond donors (Lipinski definition) is 0. The second-order valence-electron chi connectivity index (χ2n) is 9.98. The highest BCUT2D eigenvalue weighted by molar-refractivity contribution is 7.38. The van der Waals surface area contributed by atoms with Crippen LogP contribution in [0.5, 0.6) is 0 Å². The molecule has 0 aromatic rings. The third-order valence-electron chi connectivity index (χ3n) is 6.06. The molecule has 0 amide bonds. The van der Waals surface area contributed by atoms with Gasteiger partial charge in [0.2, 0.25) is 0 Å². The summed E-state index contributed by atoms with van der Waals surface area (Å²) in [5, 5.41) is 0. The Morgan fingerprint density at radius 1 is 1.08 bits per heavy atom. The molecule has 0 saturated carbocycles. The van der Waals surface area contributed by atoms with E-state index in [1.807, 2.05) is 0 Å². The van der Waals surface area contributed by atoms with Crippen molar-refractivity contribution in [2.75, 3.05) is 0 Å². The highest BCUT2D eigenvalue weighted by Gasteiger charge is 2.48. The Bertz CT molecular complexity index is 364. The molecule has 0 N–H and O–H groups in total. The molecule has 0 radical (unpaired) electrons. The van der Waals surface area contributed by atoms with E-state index in [4.69, 9.17) is 8.85 Å². The highest BCUT2D eigenvalue weighted by atomic mass is 29.3. The first-order chi connectivity index (χ1) is 11.0. The van der Waals surface area contributed by atoms with Crippen molar-refractivity contribution in [2.24, 2.45) is 0 Å². The minimum Gasteiger partial charge on any atom is -0.419 e. The van der Waals surface area contributed by atoms with E-state index >= 15 is 0 Å². The van der Waals surface area contributed by atoms with Crippen LogP contribution in [0.1, 0.15) is 72.6 Å². The van der Waals surface area contributed by atoms with Crippen LogP contribution in [0.25, 0.3) is 0 Å². The first kappa shape index (κ1) is 22.6. The molecular formula is C19H44O2Si3. The van der Waals surface area contributed by atoms with Gasteiger partial charge in [0.25, 0.3) is 0 Å². The fraction of sp³-hybridized carbons (Fsp3) is 1.00. The zero-order chi connectivity index (χ0) is 18.4. The van der Waals surface area contributed by atoms with Crippen molar-refractivity contribution < 1.29 is 8.85 Å². The van der Waals surface area contributed by atoms with E-state index in [-0.39, 0.29) is 5.60 Å². The van der Waals surface area contributed by atoms with Gasteiger partial charge in [0.15, 0.2) is 17.6 Å². The van der Waals surface area contributed by atoms with Gasteiger partial charge < -0.3 is 8.85 Å². The van der Waals surface area contributed by atoms with Crippen LogP contribution in [0, 0.1) is 0 Å². The molecule has 0 spiro atoms. The normalized spacial score (nSPS) is 25.2. The van der Waals surface area contributed by atoms with Gasteiger partial charge in [-0.3, -0.25) is 0 Å². The maximum atomic E-state index is 6.85. The quantitative estimate of drug-likeness (QED) is 0.366. The van der Waals surface area contributed by atoms with Crippen LogP contribution >= 0.6 is 0 Å². The van der Waals surface area contributed by atoms with Gasteiger partial charge in [0.1, 0.15) is 0 Å². The van der Waals surface area contributed by atoms with Gasteiger partial charge in [-0.05, 0) is 52.2 Å². The molecule has 1 aliphatic rings. The van der Waals surface area contributed by atoms with E-state index in [0.29, 0.717) is 6.10 Å². The Morgan fingerprint density at radius 2 is 1.71 bits per heavy atom. The minimum absolute atomic E-state index is 0.0162. The molecule has 0 aliphatic carbocycles. The average Bonchev–Trinajstić information content (AvgIpc) is 2.44. The summed E-state index contributed by atoms with van der Waals surface area (Å²) in [6, 6.07) is 1.47. The summed E-state index contributed by atoms with van der Waals surface area (Å²) >= 11 is 0. The van der Waals surface area contributed by atoms with Gasteiger partial charge in [0.05, 0.1) is 7.59 Å². The molecule has 1 fully saturated rings. The molecule has 2 nitrogen and oxygen atoms in total. The highest BCUT2D eigenvalue weighted by Crippen LogP contribution is 2.39. The summed E-state index contributed by atoms with van der Waals surface area (Å²) in [5.74, 6) is 0. The smallest absolute Gasteiger partial charge is 0.174 e. The summed E-state index contributed by atoms with van der Waals surface area (Å²) in [6.07, 6.45) is 10.0. The molecule has 1 aliphatic heterocycles. The van der Waals surface area contributed by atoms with Gasteiger partial charge in [-0.1, -0.05) is 58.2 Å². The largest absolute Gasteiger partial charge is 0.419 e. The van der Waals surface area contributed by atoms with E-state index in [1.165, 1.54) is 51.0 Å². The molecule has 2 atom stereocenters. The Balaban J connectivity index is 2.63. The predicted molar refractivity (Wildman–Crippen MR) is 116 cm³/mol. The average molecular weight is 389 g/mol. The topological polar surface area (TPSA) is 18.5 Å². The Kier molecular flexibility index (Phi) is 8.94. The molecule has 0 aromatic heterocycles. The van der Waals surface area contributed by atoms with Crippen molar-refractivity contribution in [2.45, 2.75) is 122 Å². The van der Waals surface area contributed by atoms with Crippen molar-refractivity contribution in [3.05, 3.63) is 0 Å². The van der Waals surface area contributed by atoms with Gasteiger partial charge >= 0.3 is 0 Å². The molecule has 1 saturated heterocycles. The van der Waals surface area contributed by atoms with E-state index < -0.39 is 25.2 Å². The van der Waals surface area contributed by atoms with Crippen molar-refractivity contribution in [3.8, 4) is 0 Å². The maximum Gasteiger partial charge on any atom is 0.174 e. The number of hydrogen-bond acceptors (Lipinski definition) is 2. The van der Waals surface area contributed by atoms with Crippen LogP contribution in [-0.4, -0.2) is 36.9 Å². The lowest BCUT2D eigenvalue weighted by Crippen LogP contribution is -2.62. The van der Waals surface area contributed by atoms with Gasteiger partial charge in [-0.25, -0.2) is 0 Å². The molecule has 0 bridgehead atoms. The van der Waals surface area contributed by atoms with Crippen LogP contribution in [0.4, 0.5) is 0 Å². The maximum absolute atomic E-state index is 6.85. The molecule has 1 rings (SSSR count). The first-order valence-corrected chi connectivity index (χ1v) is 18.8. The summed E-state index contributed by atoms with van der Waals surface area (Å²) in [6.45, 7) is 19.0. The van der Waals surface area contributed by atoms with Crippen LogP contribution < -0.4 is 0 Å². The van der Waals surface area contributed by atoms with E-state index in [1.54, 1.807) is 0 Å². The van der Waals surface area contributed by atoms with E-state index in [9.17, 15) is 0 Å². The molecular weight excluding hydrogens is 344 g/mol. The Morgan fingerprint density at radius 3 is 2.25 bits per heavy atom. The van der Waals surface area contributed by atoms with Crippen LogP contribution in [-0.2, 0) is 8.85 Å². The fourth-order valence-corrected chi connectivity index (χ4v) is 12.0. The fourth-order valence-electron chi connectivity index (χ4n) is 3.48. The first-order valence-electron chi connectivity index (χ1n) is 10.3. The lowest BCUT2D eigenvalue weighted by molar-refractivity contribution is 0.116. The van der Waals surface area contributed by atoms with Crippen LogP contribution in [0.15, 0.2) is 0 Å². The van der Waals surface area contributed by atoms with Crippen molar-refractivity contribution in [3.63, 3.8) is 0 Å². The SMILES string of the molecule is CCCCCCCC([SiH2]OC(C)(C)C)C1CC[Si](C)(C)[Si](C)(C)O1. The molecule has 144 valence electrons. The van der Waals surface area contributed by atoms with Gasteiger partial charge in [-0.15, -0.1) is 0 Å². The summed E-state index contributed by atoms with van der Waals surface area (Å²) in [4.78, 5) is 0. The van der Waals surface area contributed by atoms with Gasteiger partial charge in [0, 0.05) is 11.7 Å². The van der Waals surface area contributed by atoms with E-state index in [0.717, 1.165) is 5.54 Å². The number of unbranched alkanes of at least 4 members (excludes halogenated alkanes) is 4. The van der Waals surface area contributed by atoms with E-state index in [2.05, 4.69) is 53.9 Å². The second-order valence-corrected chi connectivity index (χ2v) is 26.8. The molecule has 0 aromatic carbocycles. The zero-order valence-electron chi connectivity index (χ0n) is 17.8. The standard InChI is InChI=1S/C19H44O2Si3/c1-9-10-11-12-13-14-18(22-21-19(2,3)4)17-15-16-23(5,6)24(7,8)20-17/h17-18H,9-16,22H2,1-8H3. The second kappa shape index (κ2) is 9.49. The predicted octanol–water partition coefficient (Wildman–Crippen LogP) is 5.82. The molecule has 5 heteroatoms. The Hall–Kier alpha value is 0.571. The molecule has 24 heavy (non-hydrogen) atoms. The summed E-state index contributed by atoms with van der Waals surface area (Å²) < 4.78 is 13.2. The van der Waals surface area contributed by atoms with Crippen LogP contribution in [0.3, 0.4) is 0 Å². The lowest BCUT2D eigenvalue weighted by Gasteiger charge is -2.48. The van der Waals surface area contributed by atoms with Crippen molar-refractivity contribution >= 4 is 25.2 Å². The third-order valence-corrected chi connectivity index (χ3v) is 25.0. The summed E-state index contributed by atoms with van der Waals surface area (Å²) in [7, 11) is -3.13. The lowest BCUT2D eigenvalue weighted by atomic mass is 10.1. The monoisotopic (exact) mass is 388 g/mol. The minimum atomic E-state index is -1.47. The summed E-state index contributed by atoms with van der Waals surface area (Å²) in [5.41, 5.74) is 0.741. The molecule has 2 unspecified atom stereocenters. The Labute approximate surface area is 156 Å². The van der Waals surface area contributed by atoms with Crippen molar-refractivity contribution in [1.82, 2.24) is 0 Å². The van der Waals surface area contributed by atoms with Gasteiger partial charge in [-0.2, -0.15) is 0 Å². The molecule has 1 heterocycles. The third kappa shape index (κ3) is 7.44. The van der Waals surface area contributed by atoms with Crippen molar-refractivity contribution in [1.29, 1.82) is 0 Å². The number of rotatable bonds is 9. The van der Waals surface area contributed by atoms with Crippen LogP contribution in [0.2, 0.25) is 37.8 Å². The zero-order valence-corrected chi connectivity index (χ0v) is 21.2.